The zero-order chi connectivity index (χ0) is 14.4. The number of phenols is 1. The molecule has 2 aromatic rings. The molecule has 2 rings (SSSR count). The maximum atomic E-state index is 12.0. The second-order valence-corrected chi connectivity index (χ2v) is 4.32. The average molecular weight is 263 g/mol. The summed E-state index contributed by atoms with van der Waals surface area (Å²) in [4.78, 5) is 12.0. The van der Waals surface area contributed by atoms with Gasteiger partial charge in [-0.2, -0.15) is 5.26 Å². The van der Waals surface area contributed by atoms with Crippen LogP contribution in [0.15, 0.2) is 54.6 Å². The lowest BCUT2D eigenvalue weighted by atomic mass is 10.1. The topological polar surface area (TPSA) is 61.1 Å². The van der Waals surface area contributed by atoms with E-state index in [4.69, 9.17) is 10.4 Å². The molecule has 0 aliphatic rings. The van der Waals surface area contributed by atoms with E-state index < -0.39 is 0 Å². The normalized spacial score (nSPS) is 10.3. The summed E-state index contributed by atoms with van der Waals surface area (Å²) in [6.45, 7) is 0. The summed E-state index contributed by atoms with van der Waals surface area (Å²) in [5.74, 6) is 0.100. The fourth-order valence-electron chi connectivity index (χ4n) is 1.73. The zero-order valence-electron chi connectivity index (χ0n) is 10.8. The highest BCUT2D eigenvalue weighted by Gasteiger charge is 2.01. The van der Waals surface area contributed by atoms with Crippen molar-refractivity contribution in [2.45, 2.75) is 6.42 Å². The summed E-state index contributed by atoms with van der Waals surface area (Å²) in [7, 11) is 0. The van der Waals surface area contributed by atoms with E-state index in [-0.39, 0.29) is 11.5 Å². The van der Waals surface area contributed by atoms with Crippen LogP contribution in [0.5, 0.6) is 5.75 Å². The van der Waals surface area contributed by atoms with E-state index in [2.05, 4.69) is 6.07 Å². The third-order valence-electron chi connectivity index (χ3n) is 2.84. The van der Waals surface area contributed by atoms with Gasteiger partial charge in [-0.25, -0.2) is 0 Å². The molecule has 2 aromatic carbocycles. The number of benzene rings is 2. The van der Waals surface area contributed by atoms with Crippen molar-refractivity contribution in [2.75, 3.05) is 0 Å². The van der Waals surface area contributed by atoms with Crippen molar-refractivity contribution in [3.63, 3.8) is 0 Å². The SMILES string of the molecule is N#CCc1ccc(C(=O)C=Cc2ccc(O)cc2)cc1. The van der Waals surface area contributed by atoms with Crippen molar-refractivity contribution in [3.05, 3.63) is 71.3 Å². The van der Waals surface area contributed by atoms with Crippen LogP contribution in [0.4, 0.5) is 0 Å². The summed E-state index contributed by atoms with van der Waals surface area (Å²) >= 11 is 0. The van der Waals surface area contributed by atoms with Crippen molar-refractivity contribution in [2.24, 2.45) is 0 Å². The Morgan fingerprint density at radius 3 is 2.35 bits per heavy atom. The first-order chi connectivity index (χ1) is 9.69. The van der Waals surface area contributed by atoms with Gasteiger partial charge in [0, 0.05) is 5.56 Å². The number of hydrogen-bond donors (Lipinski definition) is 1. The highest BCUT2D eigenvalue weighted by molar-refractivity contribution is 6.06. The van der Waals surface area contributed by atoms with Crippen LogP contribution in [-0.4, -0.2) is 10.9 Å². The van der Waals surface area contributed by atoms with Gasteiger partial charge in [0.25, 0.3) is 0 Å². The van der Waals surface area contributed by atoms with Crippen LogP contribution in [0.1, 0.15) is 21.5 Å². The van der Waals surface area contributed by atoms with Gasteiger partial charge < -0.3 is 5.11 Å². The van der Waals surface area contributed by atoms with Crippen molar-refractivity contribution in [1.29, 1.82) is 5.26 Å². The summed E-state index contributed by atoms with van der Waals surface area (Å²) < 4.78 is 0. The maximum absolute atomic E-state index is 12.0. The first kappa shape index (κ1) is 13.6. The van der Waals surface area contributed by atoms with Crippen LogP contribution in [0.2, 0.25) is 0 Å². The Kier molecular flexibility index (Phi) is 4.31. The quantitative estimate of drug-likeness (QED) is 0.679. The molecule has 98 valence electrons. The van der Waals surface area contributed by atoms with Gasteiger partial charge in [-0.05, 0) is 29.3 Å². The number of carbonyl (C=O) groups excluding carboxylic acids is 1. The standard InChI is InChI=1S/C17H13NO2/c18-12-11-14-1-6-15(7-2-14)17(20)10-5-13-3-8-16(19)9-4-13/h1-10,19H,11H2. The highest BCUT2D eigenvalue weighted by Crippen LogP contribution is 2.12. The third kappa shape index (κ3) is 3.56. The Balaban J connectivity index is 2.08. The second-order valence-electron chi connectivity index (χ2n) is 4.32. The van der Waals surface area contributed by atoms with E-state index in [9.17, 15) is 4.79 Å². The Labute approximate surface area is 117 Å². The molecule has 0 aliphatic carbocycles. The molecule has 3 nitrogen and oxygen atoms in total. The van der Waals surface area contributed by atoms with Gasteiger partial charge in [-0.15, -0.1) is 0 Å². The molecule has 0 amide bonds. The van der Waals surface area contributed by atoms with Gasteiger partial charge >= 0.3 is 0 Å². The summed E-state index contributed by atoms with van der Waals surface area (Å²) in [6.07, 6.45) is 3.54. The van der Waals surface area contributed by atoms with Gasteiger partial charge in [-0.3, -0.25) is 4.79 Å². The Morgan fingerprint density at radius 2 is 1.75 bits per heavy atom. The van der Waals surface area contributed by atoms with E-state index in [1.165, 1.54) is 6.08 Å². The van der Waals surface area contributed by atoms with Gasteiger partial charge in [0.2, 0.25) is 0 Å². The minimum atomic E-state index is -0.0958. The minimum Gasteiger partial charge on any atom is -0.508 e. The molecule has 0 atom stereocenters. The predicted octanol–water partition coefficient (Wildman–Crippen LogP) is 3.35. The molecule has 0 aromatic heterocycles. The van der Waals surface area contributed by atoms with Crippen molar-refractivity contribution in [3.8, 4) is 11.8 Å². The molecule has 0 radical (unpaired) electrons. The molecule has 0 saturated heterocycles. The molecule has 0 aliphatic heterocycles. The van der Waals surface area contributed by atoms with Gasteiger partial charge in [0.1, 0.15) is 5.75 Å². The molecule has 0 fully saturated rings. The third-order valence-corrected chi connectivity index (χ3v) is 2.84. The van der Waals surface area contributed by atoms with Gasteiger partial charge in [0.05, 0.1) is 12.5 Å². The van der Waals surface area contributed by atoms with Crippen LogP contribution < -0.4 is 0 Å². The van der Waals surface area contributed by atoms with Crippen molar-refractivity contribution >= 4 is 11.9 Å². The fourth-order valence-corrected chi connectivity index (χ4v) is 1.73. The number of hydrogen-bond acceptors (Lipinski definition) is 3. The molecule has 0 unspecified atom stereocenters. The van der Waals surface area contributed by atoms with Gasteiger partial charge in [0.15, 0.2) is 5.78 Å². The average Bonchev–Trinajstić information content (AvgIpc) is 2.47. The van der Waals surface area contributed by atoms with E-state index in [1.54, 1.807) is 54.6 Å². The Hall–Kier alpha value is -2.86. The molecule has 0 bridgehead atoms. The number of ketones is 1. The van der Waals surface area contributed by atoms with E-state index in [0.717, 1.165) is 11.1 Å². The number of nitriles is 1. The van der Waals surface area contributed by atoms with Crippen LogP contribution in [0, 0.1) is 11.3 Å². The summed E-state index contributed by atoms with van der Waals surface area (Å²) in [6, 6.07) is 15.7. The maximum Gasteiger partial charge on any atom is 0.185 e. The summed E-state index contributed by atoms with van der Waals surface area (Å²) in [5, 5.41) is 17.7. The zero-order valence-corrected chi connectivity index (χ0v) is 10.8. The number of aromatic hydroxyl groups is 1. The fraction of sp³-hybridized carbons (Fsp3) is 0.0588. The Bertz CT molecular complexity index is 662. The van der Waals surface area contributed by atoms with E-state index in [0.29, 0.717) is 12.0 Å². The molecular weight excluding hydrogens is 250 g/mol. The molecule has 1 N–H and O–H groups in total. The lowest BCUT2D eigenvalue weighted by molar-refractivity contribution is 0.104. The number of nitrogens with zero attached hydrogens (tertiary/aromatic N) is 1. The number of carbonyl (C=O) groups is 1. The number of rotatable bonds is 4. The largest absolute Gasteiger partial charge is 0.508 e. The second kappa shape index (κ2) is 6.35. The van der Waals surface area contributed by atoms with Crippen LogP contribution in [0.3, 0.4) is 0 Å². The number of allylic oxidation sites excluding steroid dienone is 1. The van der Waals surface area contributed by atoms with Crippen LogP contribution >= 0.6 is 0 Å². The molecule has 20 heavy (non-hydrogen) atoms. The Morgan fingerprint density at radius 1 is 1.10 bits per heavy atom. The lowest BCUT2D eigenvalue weighted by Crippen LogP contribution is -1.94. The monoisotopic (exact) mass is 263 g/mol. The van der Waals surface area contributed by atoms with Crippen LogP contribution in [0.25, 0.3) is 6.08 Å². The van der Waals surface area contributed by atoms with Gasteiger partial charge in [-0.1, -0.05) is 42.5 Å². The molecule has 0 spiro atoms. The molecule has 3 heteroatoms. The lowest BCUT2D eigenvalue weighted by Gasteiger charge is -1.98. The highest BCUT2D eigenvalue weighted by atomic mass is 16.3. The van der Waals surface area contributed by atoms with E-state index >= 15 is 0 Å². The minimum absolute atomic E-state index is 0.0958. The van der Waals surface area contributed by atoms with Crippen LogP contribution in [-0.2, 0) is 6.42 Å². The predicted molar refractivity (Wildman–Crippen MR) is 77.2 cm³/mol. The first-order valence-corrected chi connectivity index (χ1v) is 6.16. The smallest absolute Gasteiger partial charge is 0.185 e. The van der Waals surface area contributed by atoms with E-state index in [1.807, 2.05) is 0 Å². The number of phenolic OH excluding ortho intramolecular Hbond substituents is 1. The summed E-state index contributed by atoms with van der Waals surface area (Å²) in [5.41, 5.74) is 2.32. The van der Waals surface area contributed by atoms with Crippen molar-refractivity contribution in [1.82, 2.24) is 0 Å². The first-order valence-electron chi connectivity index (χ1n) is 6.16. The molecular formula is C17H13NO2. The molecule has 0 saturated carbocycles. The van der Waals surface area contributed by atoms with Crippen molar-refractivity contribution < 1.29 is 9.90 Å². The molecule has 0 heterocycles.